The fourth-order valence-electron chi connectivity index (χ4n) is 2.75. The molecule has 2 aromatic heterocycles. The predicted octanol–water partition coefficient (Wildman–Crippen LogP) is 4.15. The SMILES string of the molecule is Cc1cc(C(=O)OCC(=O)Nc2ccc(F)cc2)c(C)n1Cc1cccs1. The average molecular weight is 386 g/mol. The van der Waals surface area contributed by atoms with Crippen molar-refractivity contribution < 1.29 is 18.7 Å². The number of benzene rings is 1. The standard InChI is InChI=1S/C20H19FN2O3S/c1-13-10-18(14(2)23(13)11-17-4-3-9-27-17)20(25)26-12-19(24)22-16-7-5-15(21)6-8-16/h3-10H,11-12H2,1-2H3,(H,22,24). The Kier molecular flexibility index (Phi) is 5.71. The number of nitrogens with zero attached hydrogens (tertiary/aromatic N) is 1. The van der Waals surface area contributed by atoms with E-state index in [1.807, 2.05) is 35.9 Å². The van der Waals surface area contributed by atoms with Crippen LogP contribution in [0.3, 0.4) is 0 Å². The van der Waals surface area contributed by atoms with E-state index in [2.05, 4.69) is 5.32 Å². The maximum absolute atomic E-state index is 12.9. The largest absolute Gasteiger partial charge is 0.452 e. The van der Waals surface area contributed by atoms with Crippen LogP contribution < -0.4 is 5.32 Å². The number of aromatic nitrogens is 1. The number of ether oxygens (including phenoxy) is 1. The van der Waals surface area contributed by atoms with Gasteiger partial charge in [-0.3, -0.25) is 4.79 Å². The van der Waals surface area contributed by atoms with Gasteiger partial charge in [0.05, 0.1) is 12.1 Å². The number of rotatable bonds is 6. The molecule has 0 unspecified atom stereocenters. The van der Waals surface area contributed by atoms with Crippen LogP contribution in [-0.2, 0) is 16.1 Å². The molecule has 0 spiro atoms. The van der Waals surface area contributed by atoms with E-state index in [1.165, 1.54) is 29.1 Å². The summed E-state index contributed by atoms with van der Waals surface area (Å²) in [6.45, 7) is 4.06. The van der Waals surface area contributed by atoms with Crippen LogP contribution >= 0.6 is 11.3 Å². The van der Waals surface area contributed by atoms with Crippen molar-refractivity contribution in [1.29, 1.82) is 0 Å². The number of aryl methyl sites for hydroxylation is 1. The zero-order valence-corrected chi connectivity index (χ0v) is 15.8. The lowest BCUT2D eigenvalue weighted by Gasteiger charge is -2.09. The number of hydrogen-bond donors (Lipinski definition) is 1. The first-order valence-corrected chi connectivity index (χ1v) is 9.23. The smallest absolute Gasteiger partial charge is 0.340 e. The summed E-state index contributed by atoms with van der Waals surface area (Å²) in [6, 6.07) is 11.2. The zero-order valence-electron chi connectivity index (χ0n) is 15.0. The van der Waals surface area contributed by atoms with E-state index in [4.69, 9.17) is 4.74 Å². The Balaban J connectivity index is 1.60. The average Bonchev–Trinajstić information content (AvgIpc) is 3.25. The lowest BCUT2D eigenvalue weighted by atomic mass is 10.2. The number of esters is 1. The number of carbonyl (C=O) groups excluding carboxylic acids is 2. The Morgan fingerprint density at radius 2 is 1.93 bits per heavy atom. The molecular weight excluding hydrogens is 367 g/mol. The first-order valence-electron chi connectivity index (χ1n) is 8.35. The van der Waals surface area contributed by atoms with Gasteiger partial charge < -0.3 is 14.6 Å². The molecule has 1 N–H and O–H groups in total. The Bertz CT molecular complexity index is 947. The second kappa shape index (κ2) is 8.18. The van der Waals surface area contributed by atoms with E-state index in [0.717, 1.165) is 11.4 Å². The number of nitrogens with one attached hydrogen (secondary N) is 1. The van der Waals surface area contributed by atoms with E-state index in [0.29, 0.717) is 17.8 Å². The monoisotopic (exact) mass is 386 g/mol. The molecular formula is C20H19FN2O3S. The van der Waals surface area contributed by atoms with Crippen molar-refractivity contribution in [2.45, 2.75) is 20.4 Å². The van der Waals surface area contributed by atoms with Crippen molar-refractivity contribution in [3.63, 3.8) is 0 Å². The molecule has 27 heavy (non-hydrogen) atoms. The van der Waals surface area contributed by atoms with Gasteiger partial charge in [0.1, 0.15) is 5.82 Å². The van der Waals surface area contributed by atoms with E-state index in [1.54, 1.807) is 17.4 Å². The summed E-state index contributed by atoms with van der Waals surface area (Å²) < 4.78 is 20.1. The quantitative estimate of drug-likeness (QED) is 0.648. The Morgan fingerprint density at radius 1 is 1.19 bits per heavy atom. The molecule has 0 atom stereocenters. The summed E-state index contributed by atoms with van der Waals surface area (Å²) in [5.74, 6) is -1.42. The second-order valence-electron chi connectivity index (χ2n) is 6.08. The van der Waals surface area contributed by atoms with Gasteiger partial charge in [-0.1, -0.05) is 6.07 Å². The third-order valence-corrected chi connectivity index (χ3v) is 5.01. The Morgan fingerprint density at radius 3 is 2.59 bits per heavy atom. The molecule has 3 rings (SSSR count). The number of anilines is 1. The van der Waals surface area contributed by atoms with Gasteiger partial charge in [-0.15, -0.1) is 11.3 Å². The molecule has 0 saturated heterocycles. The predicted molar refractivity (Wildman–Crippen MR) is 103 cm³/mol. The zero-order chi connectivity index (χ0) is 19.4. The molecule has 0 aliphatic carbocycles. The highest BCUT2D eigenvalue weighted by molar-refractivity contribution is 7.09. The lowest BCUT2D eigenvalue weighted by molar-refractivity contribution is -0.119. The second-order valence-corrected chi connectivity index (χ2v) is 7.11. The topological polar surface area (TPSA) is 60.3 Å². The highest BCUT2D eigenvalue weighted by Crippen LogP contribution is 2.20. The van der Waals surface area contributed by atoms with Gasteiger partial charge in [0.2, 0.25) is 0 Å². The molecule has 0 radical (unpaired) electrons. The molecule has 7 heteroatoms. The molecule has 0 bridgehead atoms. The first kappa shape index (κ1) is 18.8. The van der Waals surface area contributed by atoms with Crippen molar-refractivity contribution in [2.24, 2.45) is 0 Å². The number of amides is 1. The van der Waals surface area contributed by atoms with Crippen molar-refractivity contribution in [3.05, 3.63) is 75.5 Å². The van der Waals surface area contributed by atoms with Crippen LogP contribution in [-0.4, -0.2) is 23.1 Å². The van der Waals surface area contributed by atoms with Gasteiger partial charge >= 0.3 is 5.97 Å². The van der Waals surface area contributed by atoms with E-state index >= 15 is 0 Å². The number of carbonyl (C=O) groups is 2. The summed E-state index contributed by atoms with van der Waals surface area (Å²) in [5.41, 5.74) is 2.62. The molecule has 5 nitrogen and oxygen atoms in total. The third-order valence-electron chi connectivity index (χ3n) is 4.15. The first-order chi connectivity index (χ1) is 12.9. The van der Waals surface area contributed by atoms with Crippen LogP contribution in [0.25, 0.3) is 0 Å². The molecule has 0 fully saturated rings. The van der Waals surface area contributed by atoms with Gasteiger partial charge in [-0.05, 0) is 55.6 Å². The lowest BCUT2D eigenvalue weighted by Crippen LogP contribution is -2.21. The van der Waals surface area contributed by atoms with E-state index in [-0.39, 0.29) is 0 Å². The van der Waals surface area contributed by atoms with Gasteiger partial charge in [0.25, 0.3) is 5.91 Å². The van der Waals surface area contributed by atoms with E-state index in [9.17, 15) is 14.0 Å². The number of halogens is 1. The summed E-state index contributed by atoms with van der Waals surface area (Å²) in [4.78, 5) is 25.5. The van der Waals surface area contributed by atoms with Crippen molar-refractivity contribution in [1.82, 2.24) is 4.57 Å². The van der Waals surface area contributed by atoms with E-state index < -0.39 is 24.3 Å². The molecule has 0 aliphatic rings. The molecule has 2 heterocycles. The van der Waals surface area contributed by atoms with Crippen LogP contribution in [0.1, 0.15) is 26.6 Å². The number of hydrogen-bond acceptors (Lipinski definition) is 4. The summed E-state index contributed by atoms with van der Waals surface area (Å²) in [5, 5.41) is 4.56. The molecule has 0 aliphatic heterocycles. The maximum Gasteiger partial charge on any atom is 0.340 e. The minimum absolute atomic E-state index is 0.391. The van der Waals surface area contributed by atoms with Crippen LogP contribution in [0.5, 0.6) is 0 Å². The highest BCUT2D eigenvalue weighted by Gasteiger charge is 2.18. The third kappa shape index (κ3) is 4.62. The Hall–Kier alpha value is -2.93. The fraction of sp³-hybridized carbons (Fsp3) is 0.200. The minimum atomic E-state index is -0.546. The molecule has 0 saturated carbocycles. The summed E-state index contributed by atoms with van der Waals surface area (Å²) in [7, 11) is 0. The van der Waals surface area contributed by atoms with Crippen LogP contribution in [0.4, 0.5) is 10.1 Å². The minimum Gasteiger partial charge on any atom is -0.452 e. The molecule has 3 aromatic rings. The van der Waals surface area contributed by atoms with Crippen molar-refractivity contribution in [3.8, 4) is 0 Å². The molecule has 140 valence electrons. The van der Waals surface area contributed by atoms with Crippen LogP contribution in [0.2, 0.25) is 0 Å². The fourth-order valence-corrected chi connectivity index (χ4v) is 3.44. The van der Waals surface area contributed by atoms with Crippen LogP contribution in [0.15, 0.2) is 47.8 Å². The number of thiophene rings is 1. The van der Waals surface area contributed by atoms with Gasteiger partial charge in [-0.2, -0.15) is 0 Å². The van der Waals surface area contributed by atoms with Crippen LogP contribution in [0, 0.1) is 19.7 Å². The van der Waals surface area contributed by atoms with Crippen molar-refractivity contribution in [2.75, 3.05) is 11.9 Å². The maximum atomic E-state index is 12.9. The van der Waals surface area contributed by atoms with Gasteiger partial charge in [0.15, 0.2) is 6.61 Å². The molecule has 1 aromatic carbocycles. The summed E-state index contributed by atoms with van der Waals surface area (Å²) >= 11 is 1.66. The normalized spacial score (nSPS) is 10.6. The van der Waals surface area contributed by atoms with Gasteiger partial charge in [0, 0.05) is 22.0 Å². The van der Waals surface area contributed by atoms with Crippen molar-refractivity contribution >= 4 is 28.9 Å². The Labute approximate surface area is 160 Å². The summed E-state index contributed by atoms with van der Waals surface area (Å²) in [6.07, 6.45) is 0. The molecule has 1 amide bonds. The highest BCUT2D eigenvalue weighted by atomic mass is 32.1. The van der Waals surface area contributed by atoms with Gasteiger partial charge in [-0.25, -0.2) is 9.18 Å².